The summed E-state index contributed by atoms with van der Waals surface area (Å²) < 4.78 is 52.5. The monoisotopic (exact) mass is 322 g/mol. The van der Waals surface area contributed by atoms with Gasteiger partial charge < -0.3 is 4.98 Å². The predicted molar refractivity (Wildman–Crippen MR) is 77.5 cm³/mol. The highest BCUT2D eigenvalue weighted by atomic mass is 19.4. The van der Waals surface area contributed by atoms with Gasteiger partial charge >= 0.3 is 6.18 Å². The molecule has 3 nitrogen and oxygen atoms in total. The van der Waals surface area contributed by atoms with Gasteiger partial charge in [-0.05, 0) is 36.8 Å². The molecule has 1 N–H and O–H groups in total. The van der Waals surface area contributed by atoms with Crippen LogP contribution < -0.4 is 5.56 Å². The van der Waals surface area contributed by atoms with Gasteiger partial charge in [0, 0.05) is 0 Å². The molecule has 0 spiro atoms. The number of halogens is 4. The molecule has 3 rings (SSSR count). The lowest BCUT2D eigenvalue weighted by atomic mass is 10.0. The number of para-hydroxylation sites is 1. The summed E-state index contributed by atoms with van der Waals surface area (Å²) in [6.07, 6.45) is -4.65. The molecule has 118 valence electrons. The summed E-state index contributed by atoms with van der Waals surface area (Å²) in [4.78, 5) is 18.5. The van der Waals surface area contributed by atoms with E-state index in [0.717, 1.165) is 6.07 Å². The average molecular weight is 322 g/mol. The second-order valence-electron chi connectivity index (χ2n) is 5.08. The van der Waals surface area contributed by atoms with Crippen LogP contribution >= 0.6 is 0 Å². The summed E-state index contributed by atoms with van der Waals surface area (Å²) in [6, 6.07) is 7.89. The summed E-state index contributed by atoms with van der Waals surface area (Å²) in [7, 11) is 0. The lowest BCUT2D eigenvalue weighted by Gasteiger charge is -2.12. The summed E-state index contributed by atoms with van der Waals surface area (Å²) in [5.74, 6) is -1.20. The Morgan fingerprint density at radius 2 is 1.83 bits per heavy atom. The van der Waals surface area contributed by atoms with Crippen molar-refractivity contribution in [2.45, 2.75) is 13.1 Å². The third-order valence-corrected chi connectivity index (χ3v) is 3.49. The average Bonchev–Trinajstić information content (AvgIpc) is 2.48. The maximum atomic E-state index is 14.1. The number of nitrogens with zero attached hydrogens (tertiary/aromatic N) is 1. The van der Waals surface area contributed by atoms with E-state index in [1.807, 2.05) is 0 Å². The quantitative estimate of drug-likeness (QED) is 0.687. The van der Waals surface area contributed by atoms with Crippen LogP contribution in [0.3, 0.4) is 0 Å². The summed E-state index contributed by atoms with van der Waals surface area (Å²) >= 11 is 0. The zero-order valence-electron chi connectivity index (χ0n) is 11.8. The van der Waals surface area contributed by atoms with Crippen molar-refractivity contribution in [2.75, 3.05) is 0 Å². The van der Waals surface area contributed by atoms with Crippen LogP contribution in [0.4, 0.5) is 17.6 Å². The molecule has 0 bridgehead atoms. The van der Waals surface area contributed by atoms with Gasteiger partial charge in [-0.1, -0.05) is 12.1 Å². The first kappa shape index (κ1) is 15.2. The number of H-pyrrole nitrogens is 1. The van der Waals surface area contributed by atoms with Gasteiger partial charge in [0.1, 0.15) is 11.6 Å². The Morgan fingerprint density at radius 1 is 1.13 bits per heavy atom. The molecule has 2 aromatic carbocycles. The number of hydrogen-bond acceptors (Lipinski definition) is 2. The highest BCUT2D eigenvalue weighted by molar-refractivity contribution is 5.79. The van der Waals surface area contributed by atoms with E-state index in [1.54, 1.807) is 24.3 Å². The Hall–Kier alpha value is -2.70. The minimum atomic E-state index is -4.65. The van der Waals surface area contributed by atoms with Crippen molar-refractivity contribution in [3.8, 4) is 11.4 Å². The van der Waals surface area contributed by atoms with E-state index in [1.165, 1.54) is 6.92 Å². The highest BCUT2D eigenvalue weighted by Gasteiger charge is 2.33. The SMILES string of the molecule is Cc1cc(-c2nc3ccccc3c(=O)[nH]2)c(F)cc1C(F)(F)F. The fourth-order valence-electron chi connectivity index (χ4n) is 2.38. The van der Waals surface area contributed by atoms with Crippen molar-refractivity contribution in [3.63, 3.8) is 0 Å². The van der Waals surface area contributed by atoms with Crippen molar-refractivity contribution in [2.24, 2.45) is 0 Å². The van der Waals surface area contributed by atoms with Crippen molar-refractivity contribution in [1.29, 1.82) is 0 Å². The topological polar surface area (TPSA) is 45.8 Å². The van der Waals surface area contributed by atoms with Crippen LogP contribution in [0.5, 0.6) is 0 Å². The first-order chi connectivity index (χ1) is 10.8. The van der Waals surface area contributed by atoms with Gasteiger partial charge in [-0.15, -0.1) is 0 Å². The fourth-order valence-corrected chi connectivity index (χ4v) is 2.38. The number of benzene rings is 2. The summed E-state index contributed by atoms with van der Waals surface area (Å²) in [6.45, 7) is 1.23. The second-order valence-corrected chi connectivity index (χ2v) is 5.08. The van der Waals surface area contributed by atoms with Gasteiger partial charge in [-0.3, -0.25) is 4.79 Å². The van der Waals surface area contributed by atoms with Gasteiger partial charge in [0.25, 0.3) is 5.56 Å². The highest BCUT2D eigenvalue weighted by Crippen LogP contribution is 2.34. The van der Waals surface area contributed by atoms with Crippen molar-refractivity contribution in [1.82, 2.24) is 9.97 Å². The Bertz CT molecular complexity index is 960. The van der Waals surface area contributed by atoms with Crippen LogP contribution in [0, 0.1) is 12.7 Å². The molecule has 0 unspecified atom stereocenters. The standard InChI is InChI=1S/C16H10F4N2O/c1-8-6-10(12(17)7-11(8)16(18,19)20)14-21-13-5-3-2-4-9(13)15(23)22-14/h2-7H,1H3,(H,21,22,23). The molecule has 0 amide bonds. The number of nitrogens with one attached hydrogen (secondary N) is 1. The smallest absolute Gasteiger partial charge is 0.306 e. The molecule has 0 radical (unpaired) electrons. The van der Waals surface area contributed by atoms with Gasteiger partial charge in [-0.25, -0.2) is 9.37 Å². The van der Waals surface area contributed by atoms with Crippen LogP contribution in [0.2, 0.25) is 0 Å². The maximum absolute atomic E-state index is 14.1. The number of aromatic nitrogens is 2. The van der Waals surface area contributed by atoms with Gasteiger partial charge in [0.15, 0.2) is 0 Å². The number of hydrogen-bond donors (Lipinski definition) is 1. The second kappa shape index (κ2) is 5.19. The predicted octanol–water partition coefficient (Wildman–Crippen LogP) is 4.06. The van der Waals surface area contributed by atoms with E-state index in [2.05, 4.69) is 9.97 Å². The molecular formula is C16H10F4N2O. The Balaban J connectivity index is 2.24. The molecule has 3 aromatic rings. The Kier molecular flexibility index (Phi) is 3.43. The molecular weight excluding hydrogens is 312 g/mol. The normalized spacial score (nSPS) is 11.9. The molecule has 0 atom stereocenters. The van der Waals surface area contributed by atoms with E-state index >= 15 is 0 Å². The third-order valence-electron chi connectivity index (χ3n) is 3.49. The molecule has 0 saturated carbocycles. The number of aromatic amines is 1. The van der Waals surface area contributed by atoms with E-state index in [9.17, 15) is 22.4 Å². The van der Waals surface area contributed by atoms with Crippen LogP contribution in [0.15, 0.2) is 41.2 Å². The molecule has 1 aromatic heterocycles. The van der Waals surface area contributed by atoms with Gasteiger partial charge in [-0.2, -0.15) is 13.2 Å². The minimum Gasteiger partial charge on any atom is -0.306 e. The first-order valence-electron chi connectivity index (χ1n) is 6.64. The third kappa shape index (κ3) is 2.69. The molecule has 0 aliphatic rings. The van der Waals surface area contributed by atoms with Crippen molar-refractivity contribution < 1.29 is 17.6 Å². The molecule has 0 aliphatic carbocycles. The summed E-state index contributed by atoms with van der Waals surface area (Å²) in [5.41, 5.74) is -1.53. The Labute approximate surface area is 127 Å². The van der Waals surface area contributed by atoms with Crippen LogP contribution in [-0.4, -0.2) is 9.97 Å². The zero-order chi connectivity index (χ0) is 16.8. The van der Waals surface area contributed by atoms with Gasteiger partial charge in [0.05, 0.1) is 22.0 Å². The Morgan fingerprint density at radius 3 is 2.52 bits per heavy atom. The van der Waals surface area contributed by atoms with Crippen molar-refractivity contribution >= 4 is 10.9 Å². The molecule has 7 heteroatoms. The maximum Gasteiger partial charge on any atom is 0.416 e. The number of rotatable bonds is 1. The molecule has 0 saturated heterocycles. The molecule has 23 heavy (non-hydrogen) atoms. The van der Waals surface area contributed by atoms with Crippen molar-refractivity contribution in [3.05, 3.63) is 63.7 Å². The molecule has 0 aliphatic heterocycles. The van der Waals surface area contributed by atoms with Crippen LogP contribution in [0.1, 0.15) is 11.1 Å². The lowest BCUT2D eigenvalue weighted by molar-refractivity contribution is -0.138. The first-order valence-corrected chi connectivity index (χ1v) is 6.64. The molecule has 1 heterocycles. The van der Waals surface area contributed by atoms with E-state index in [0.29, 0.717) is 17.0 Å². The number of aryl methyl sites for hydroxylation is 1. The largest absolute Gasteiger partial charge is 0.416 e. The number of alkyl halides is 3. The van der Waals surface area contributed by atoms with Gasteiger partial charge in [0.2, 0.25) is 0 Å². The minimum absolute atomic E-state index is 0.108. The van der Waals surface area contributed by atoms with Crippen LogP contribution in [-0.2, 0) is 6.18 Å². The van der Waals surface area contributed by atoms with E-state index in [-0.39, 0.29) is 17.0 Å². The molecule has 0 fully saturated rings. The number of fused-ring (bicyclic) bond motifs is 1. The lowest BCUT2D eigenvalue weighted by Crippen LogP contribution is -2.12. The zero-order valence-corrected chi connectivity index (χ0v) is 11.8. The van der Waals surface area contributed by atoms with Crippen LogP contribution in [0.25, 0.3) is 22.3 Å². The summed E-state index contributed by atoms with van der Waals surface area (Å²) in [5, 5.41) is 0.320. The fraction of sp³-hybridized carbons (Fsp3) is 0.125. The van der Waals surface area contributed by atoms with E-state index < -0.39 is 23.1 Å². The van der Waals surface area contributed by atoms with E-state index in [4.69, 9.17) is 0 Å².